The summed E-state index contributed by atoms with van der Waals surface area (Å²) in [5.41, 5.74) is 2.40. The maximum absolute atomic E-state index is 14.5. The van der Waals surface area contributed by atoms with Crippen molar-refractivity contribution >= 4 is 26.8 Å². The molecule has 0 radical (unpaired) electrons. The van der Waals surface area contributed by atoms with Crippen molar-refractivity contribution in [3.05, 3.63) is 47.8 Å². The van der Waals surface area contributed by atoms with Gasteiger partial charge < -0.3 is 9.32 Å². The number of nitrogens with zero attached hydrogens (tertiary/aromatic N) is 2. The Bertz CT molecular complexity index is 1190. The Labute approximate surface area is 168 Å². The van der Waals surface area contributed by atoms with Gasteiger partial charge in [0.1, 0.15) is 11.3 Å². The van der Waals surface area contributed by atoms with Crippen LogP contribution in [0.25, 0.3) is 22.6 Å². The third-order valence-corrected chi connectivity index (χ3v) is 6.53. The van der Waals surface area contributed by atoms with Gasteiger partial charge in [-0.3, -0.25) is 4.79 Å². The number of hydrogen-bond donors (Lipinski definition) is 0. The Hall–Kier alpha value is -2.74. The number of benzene rings is 2. The van der Waals surface area contributed by atoms with Gasteiger partial charge in [0, 0.05) is 26.3 Å². The summed E-state index contributed by atoms with van der Waals surface area (Å²) in [5, 5.41) is 0. The number of aromatic nitrogens is 1. The van der Waals surface area contributed by atoms with Crippen molar-refractivity contribution in [3.63, 3.8) is 0 Å². The first-order valence-electron chi connectivity index (χ1n) is 9.38. The lowest BCUT2D eigenvalue weighted by Gasteiger charge is -2.31. The minimum absolute atomic E-state index is 0.0888. The molecular weight excluding hydrogens is 395 g/mol. The predicted octanol–water partition coefficient (Wildman–Crippen LogP) is 3.76. The molecule has 1 aliphatic rings. The average Bonchev–Trinajstić information content (AvgIpc) is 3.10. The molecule has 0 aliphatic carbocycles. The number of sulfone groups is 1. The van der Waals surface area contributed by atoms with E-state index in [1.165, 1.54) is 12.1 Å². The summed E-state index contributed by atoms with van der Waals surface area (Å²) in [4.78, 5) is 17.7. The van der Waals surface area contributed by atoms with Crippen molar-refractivity contribution in [1.82, 2.24) is 9.88 Å². The second-order valence-corrected chi connectivity index (χ2v) is 9.46. The van der Waals surface area contributed by atoms with Crippen LogP contribution in [0.1, 0.15) is 31.2 Å². The number of halogens is 1. The monoisotopic (exact) mass is 416 g/mol. The van der Waals surface area contributed by atoms with Gasteiger partial charge in [0.15, 0.2) is 15.4 Å². The largest absolute Gasteiger partial charge is 0.436 e. The average molecular weight is 416 g/mol. The lowest BCUT2D eigenvalue weighted by Crippen LogP contribution is -2.36. The molecule has 29 heavy (non-hydrogen) atoms. The van der Waals surface area contributed by atoms with E-state index in [0.717, 1.165) is 43.8 Å². The van der Waals surface area contributed by atoms with Crippen molar-refractivity contribution in [2.45, 2.75) is 30.6 Å². The van der Waals surface area contributed by atoms with E-state index in [4.69, 9.17) is 4.42 Å². The van der Waals surface area contributed by atoms with Crippen molar-refractivity contribution in [2.24, 2.45) is 0 Å². The normalized spacial score (nSPS) is 15.8. The molecule has 1 saturated heterocycles. The fourth-order valence-electron chi connectivity index (χ4n) is 3.74. The quantitative estimate of drug-likeness (QED) is 0.649. The Morgan fingerprint density at radius 1 is 1.17 bits per heavy atom. The minimum atomic E-state index is -3.49. The molecule has 4 rings (SSSR count). The van der Waals surface area contributed by atoms with Gasteiger partial charge in [-0.05, 0) is 54.7 Å². The number of carbonyl (C=O) groups is 1. The van der Waals surface area contributed by atoms with Crippen molar-refractivity contribution in [1.29, 1.82) is 0 Å². The number of oxazole rings is 1. The van der Waals surface area contributed by atoms with Crippen LogP contribution in [0.2, 0.25) is 0 Å². The van der Waals surface area contributed by atoms with Gasteiger partial charge in [0.2, 0.25) is 11.8 Å². The molecule has 0 atom stereocenters. The predicted molar refractivity (Wildman–Crippen MR) is 107 cm³/mol. The molecule has 152 valence electrons. The maximum Gasteiger partial charge on any atom is 0.230 e. The summed E-state index contributed by atoms with van der Waals surface area (Å²) in [7, 11) is -3.49. The van der Waals surface area contributed by atoms with Crippen LogP contribution >= 0.6 is 0 Å². The number of piperidine rings is 1. The molecule has 1 aromatic heterocycles. The van der Waals surface area contributed by atoms with E-state index in [-0.39, 0.29) is 22.3 Å². The van der Waals surface area contributed by atoms with Crippen LogP contribution < -0.4 is 0 Å². The van der Waals surface area contributed by atoms with Gasteiger partial charge in [-0.2, -0.15) is 0 Å². The molecule has 0 bridgehead atoms. The zero-order chi connectivity index (χ0) is 20.8. The third-order valence-electron chi connectivity index (χ3n) is 5.42. The number of likely N-dealkylation sites (tertiary alicyclic amines) is 1. The molecule has 3 aromatic rings. The fourth-order valence-corrected chi connectivity index (χ4v) is 4.37. The summed E-state index contributed by atoms with van der Waals surface area (Å²) >= 11 is 0. The highest BCUT2D eigenvalue weighted by atomic mass is 32.2. The zero-order valence-corrected chi connectivity index (χ0v) is 17.0. The third kappa shape index (κ3) is 3.89. The Balaban J connectivity index is 1.62. The van der Waals surface area contributed by atoms with Crippen LogP contribution in [0.3, 0.4) is 0 Å². The highest BCUT2D eigenvalue weighted by Crippen LogP contribution is 2.32. The molecule has 1 amide bonds. The van der Waals surface area contributed by atoms with Crippen LogP contribution in [0.5, 0.6) is 0 Å². The molecule has 2 heterocycles. The molecule has 2 aromatic carbocycles. The first kappa shape index (κ1) is 19.6. The van der Waals surface area contributed by atoms with Crippen LogP contribution in [0.4, 0.5) is 4.39 Å². The number of carbonyl (C=O) groups excluding carboxylic acids is 1. The van der Waals surface area contributed by atoms with Gasteiger partial charge in [-0.15, -0.1) is 0 Å². The van der Waals surface area contributed by atoms with Gasteiger partial charge in [0.25, 0.3) is 0 Å². The van der Waals surface area contributed by atoms with E-state index in [1.807, 2.05) is 23.1 Å². The van der Waals surface area contributed by atoms with Crippen molar-refractivity contribution < 1.29 is 22.0 Å². The lowest BCUT2D eigenvalue weighted by atomic mass is 9.89. The fraction of sp³-hybridized carbons (Fsp3) is 0.333. The number of rotatable bonds is 3. The maximum atomic E-state index is 14.5. The second-order valence-electron chi connectivity index (χ2n) is 7.44. The van der Waals surface area contributed by atoms with E-state index in [0.29, 0.717) is 17.0 Å². The first-order valence-corrected chi connectivity index (χ1v) is 11.3. The van der Waals surface area contributed by atoms with Crippen molar-refractivity contribution in [3.8, 4) is 11.5 Å². The van der Waals surface area contributed by atoms with Gasteiger partial charge in [0.05, 0.1) is 10.5 Å². The Morgan fingerprint density at radius 2 is 1.90 bits per heavy atom. The molecule has 0 unspecified atom stereocenters. The molecule has 0 spiro atoms. The molecule has 0 N–H and O–H groups in total. The van der Waals surface area contributed by atoms with Gasteiger partial charge in [-0.25, -0.2) is 17.8 Å². The van der Waals surface area contributed by atoms with E-state index < -0.39 is 15.7 Å². The highest BCUT2D eigenvalue weighted by Gasteiger charge is 2.23. The molecule has 1 aliphatic heterocycles. The van der Waals surface area contributed by atoms with Crippen LogP contribution in [0, 0.1) is 5.82 Å². The van der Waals surface area contributed by atoms with Gasteiger partial charge >= 0.3 is 0 Å². The van der Waals surface area contributed by atoms with E-state index in [1.54, 1.807) is 6.92 Å². The highest BCUT2D eigenvalue weighted by molar-refractivity contribution is 7.90. The van der Waals surface area contributed by atoms with Crippen LogP contribution in [-0.4, -0.2) is 43.6 Å². The molecular formula is C21H21FN2O4S. The summed E-state index contributed by atoms with van der Waals surface area (Å²) in [5.74, 6) is -0.151. The lowest BCUT2D eigenvalue weighted by molar-refractivity contribution is -0.129. The summed E-state index contributed by atoms with van der Waals surface area (Å²) in [6.07, 6.45) is 2.80. The van der Waals surface area contributed by atoms with E-state index in [9.17, 15) is 17.6 Å². The number of fused-ring (bicyclic) bond motifs is 1. The molecule has 0 saturated carbocycles. The summed E-state index contributed by atoms with van der Waals surface area (Å²) in [6.45, 7) is 3.06. The zero-order valence-electron chi connectivity index (χ0n) is 16.2. The molecule has 6 nitrogen and oxygen atoms in total. The van der Waals surface area contributed by atoms with E-state index >= 15 is 0 Å². The Morgan fingerprint density at radius 3 is 2.52 bits per heavy atom. The number of hydrogen-bond acceptors (Lipinski definition) is 5. The minimum Gasteiger partial charge on any atom is -0.436 e. The second kappa shape index (κ2) is 7.26. The SMILES string of the molecule is CC(=O)N1CCC(c2ccc3oc(-c4ccc(S(C)(=O)=O)cc4F)nc3c2)CC1. The number of amides is 1. The Kier molecular flexibility index (Phi) is 4.90. The van der Waals surface area contributed by atoms with Crippen molar-refractivity contribution in [2.75, 3.05) is 19.3 Å². The van der Waals surface area contributed by atoms with Crippen LogP contribution in [0.15, 0.2) is 45.7 Å². The van der Waals surface area contributed by atoms with Crippen LogP contribution in [-0.2, 0) is 14.6 Å². The standard InChI is InChI=1S/C21H21FN2O4S/c1-13(25)24-9-7-14(8-10-24)15-3-6-20-19(11-15)23-21(28-20)17-5-4-16(12-18(17)22)29(2,26)27/h3-6,11-12,14H,7-10H2,1-2H3. The smallest absolute Gasteiger partial charge is 0.230 e. The summed E-state index contributed by atoms with van der Waals surface area (Å²) < 4.78 is 43.4. The molecule has 8 heteroatoms. The summed E-state index contributed by atoms with van der Waals surface area (Å²) in [6, 6.07) is 9.44. The van der Waals surface area contributed by atoms with E-state index in [2.05, 4.69) is 4.98 Å². The first-order chi connectivity index (χ1) is 13.7. The van der Waals surface area contributed by atoms with Gasteiger partial charge in [-0.1, -0.05) is 6.07 Å². The topological polar surface area (TPSA) is 80.5 Å². The molecule has 1 fully saturated rings.